The number of ether oxygens (including phenoxy) is 1. The molecule has 1 saturated carbocycles. The third kappa shape index (κ3) is 4.42. The maximum atomic E-state index is 11.7. The molecule has 0 amide bonds. The smallest absolute Gasteiger partial charge is 0.356 e. The van der Waals surface area contributed by atoms with Crippen LogP contribution in [-0.2, 0) is 14.3 Å². The minimum atomic E-state index is -0.524. The Labute approximate surface area is 132 Å². The van der Waals surface area contributed by atoms with Crippen LogP contribution in [0.3, 0.4) is 0 Å². The average molecular weight is 306 g/mol. The van der Waals surface area contributed by atoms with Gasteiger partial charge in [0.1, 0.15) is 11.5 Å². The SMILES string of the molecule is CCOC(=O)C(=N)C1=C(NCCC2CCC(=O)CC2)CCC1. The van der Waals surface area contributed by atoms with Crippen molar-refractivity contribution in [3.63, 3.8) is 0 Å². The number of hydrogen-bond donors (Lipinski definition) is 2. The number of allylic oxidation sites excluding steroid dienone is 1. The molecule has 1 fully saturated rings. The van der Waals surface area contributed by atoms with Gasteiger partial charge >= 0.3 is 5.97 Å². The zero-order chi connectivity index (χ0) is 15.9. The summed E-state index contributed by atoms with van der Waals surface area (Å²) in [6.07, 6.45) is 7.18. The van der Waals surface area contributed by atoms with Crippen molar-refractivity contribution in [2.75, 3.05) is 13.2 Å². The number of ketones is 1. The summed E-state index contributed by atoms with van der Waals surface area (Å²) in [7, 11) is 0. The van der Waals surface area contributed by atoms with E-state index in [-0.39, 0.29) is 5.71 Å². The maximum absolute atomic E-state index is 11.7. The van der Waals surface area contributed by atoms with Crippen molar-refractivity contribution >= 4 is 17.5 Å². The monoisotopic (exact) mass is 306 g/mol. The van der Waals surface area contributed by atoms with Gasteiger partial charge < -0.3 is 10.1 Å². The lowest BCUT2D eigenvalue weighted by molar-refractivity contribution is -0.135. The van der Waals surface area contributed by atoms with Crippen LogP contribution in [0.5, 0.6) is 0 Å². The van der Waals surface area contributed by atoms with E-state index in [0.717, 1.165) is 69.2 Å². The molecule has 0 aromatic carbocycles. The van der Waals surface area contributed by atoms with Crippen molar-refractivity contribution in [2.45, 2.75) is 58.3 Å². The lowest BCUT2D eigenvalue weighted by Crippen LogP contribution is -2.24. The third-order valence-corrected chi connectivity index (χ3v) is 4.55. The predicted molar refractivity (Wildman–Crippen MR) is 84.8 cm³/mol. The second-order valence-corrected chi connectivity index (χ2v) is 6.10. The maximum Gasteiger partial charge on any atom is 0.356 e. The van der Waals surface area contributed by atoms with Gasteiger partial charge in [-0.3, -0.25) is 10.2 Å². The number of Topliss-reactive ketones (excluding diaryl/α,β-unsaturated/α-hetero) is 1. The predicted octanol–water partition coefficient (Wildman–Crippen LogP) is 2.75. The van der Waals surface area contributed by atoms with Crippen molar-refractivity contribution in [3.05, 3.63) is 11.3 Å². The average Bonchev–Trinajstić information content (AvgIpc) is 2.97. The molecule has 0 atom stereocenters. The zero-order valence-electron chi connectivity index (χ0n) is 13.4. The Bertz CT molecular complexity index is 472. The standard InChI is InChI=1S/C17H26N2O3/c1-2-22-17(21)16(18)14-4-3-5-15(14)19-11-10-12-6-8-13(20)9-7-12/h12,18-19H,2-11H2,1H3. The van der Waals surface area contributed by atoms with Gasteiger partial charge in [0.05, 0.1) is 6.61 Å². The zero-order valence-corrected chi connectivity index (χ0v) is 13.4. The van der Waals surface area contributed by atoms with Gasteiger partial charge in [0, 0.05) is 30.7 Å². The molecule has 0 bridgehead atoms. The van der Waals surface area contributed by atoms with E-state index in [9.17, 15) is 9.59 Å². The third-order valence-electron chi connectivity index (χ3n) is 4.55. The highest BCUT2D eigenvalue weighted by Crippen LogP contribution is 2.27. The topological polar surface area (TPSA) is 79.2 Å². The second kappa shape index (κ2) is 8.11. The summed E-state index contributed by atoms with van der Waals surface area (Å²) in [5.74, 6) is 0.498. The van der Waals surface area contributed by atoms with Crippen molar-refractivity contribution < 1.29 is 14.3 Å². The normalized spacial score (nSPS) is 19.4. The minimum Gasteiger partial charge on any atom is -0.461 e. The first kappa shape index (κ1) is 16.7. The van der Waals surface area contributed by atoms with Crippen LogP contribution in [0.1, 0.15) is 58.3 Å². The summed E-state index contributed by atoms with van der Waals surface area (Å²) >= 11 is 0. The first-order chi connectivity index (χ1) is 10.6. The largest absolute Gasteiger partial charge is 0.461 e. The fraction of sp³-hybridized carbons (Fsp3) is 0.706. The highest BCUT2D eigenvalue weighted by molar-refractivity contribution is 6.42. The Hall–Kier alpha value is -1.65. The van der Waals surface area contributed by atoms with Crippen LogP contribution in [0.2, 0.25) is 0 Å². The Kier molecular flexibility index (Phi) is 6.16. The van der Waals surface area contributed by atoms with Gasteiger partial charge in [-0.2, -0.15) is 0 Å². The molecule has 2 N–H and O–H groups in total. The van der Waals surface area contributed by atoms with Crippen molar-refractivity contribution in [1.29, 1.82) is 5.41 Å². The van der Waals surface area contributed by atoms with Crippen LogP contribution >= 0.6 is 0 Å². The van der Waals surface area contributed by atoms with E-state index >= 15 is 0 Å². The van der Waals surface area contributed by atoms with E-state index in [2.05, 4.69) is 5.32 Å². The molecule has 0 spiro atoms. The molecule has 0 aromatic rings. The first-order valence-corrected chi connectivity index (χ1v) is 8.35. The Balaban J connectivity index is 1.82. The van der Waals surface area contributed by atoms with E-state index in [1.807, 2.05) is 0 Å². The molecule has 0 aromatic heterocycles. The molecule has 0 radical (unpaired) electrons. The molecule has 2 rings (SSSR count). The highest BCUT2D eigenvalue weighted by atomic mass is 16.5. The first-order valence-electron chi connectivity index (χ1n) is 8.35. The van der Waals surface area contributed by atoms with Gasteiger partial charge in [0.25, 0.3) is 0 Å². The number of carbonyl (C=O) groups is 2. The molecule has 0 aliphatic heterocycles. The summed E-state index contributed by atoms with van der Waals surface area (Å²) in [5, 5.41) is 11.4. The molecule has 0 heterocycles. The van der Waals surface area contributed by atoms with Crippen LogP contribution in [0.25, 0.3) is 0 Å². The molecule has 5 nitrogen and oxygen atoms in total. The molecular formula is C17H26N2O3. The molecule has 122 valence electrons. The van der Waals surface area contributed by atoms with Crippen molar-refractivity contribution in [2.24, 2.45) is 5.92 Å². The lowest BCUT2D eigenvalue weighted by Gasteiger charge is -2.21. The Morgan fingerprint density at radius 3 is 2.68 bits per heavy atom. The van der Waals surface area contributed by atoms with E-state index in [4.69, 9.17) is 10.1 Å². The van der Waals surface area contributed by atoms with Crippen LogP contribution in [-0.4, -0.2) is 30.6 Å². The van der Waals surface area contributed by atoms with Gasteiger partial charge in [-0.05, 0) is 51.4 Å². The minimum absolute atomic E-state index is 0.00473. The molecule has 0 unspecified atom stereocenters. The fourth-order valence-corrected chi connectivity index (χ4v) is 3.26. The number of esters is 1. The number of rotatable bonds is 7. The van der Waals surface area contributed by atoms with E-state index in [1.54, 1.807) is 6.92 Å². The van der Waals surface area contributed by atoms with Crippen molar-refractivity contribution in [1.82, 2.24) is 5.32 Å². The van der Waals surface area contributed by atoms with Gasteiger partial charge in [-0.1, -0.05) is 0 Å². The molecule has 5 heteroatoms. The molecule has 22 heavy (non-hydrogen) atoms. The molecule has 0 saturated heterocycles. The Morgan fingerprint density at radius 2 is 2.00 bits per heavy atom. The van der Waals surface area contributed by atoms with Crippen LogP contribution in [0.15, 0.2) is 11.3 Å². The lowest BCUT2D eigenvalue weighted by atomic mass is 9.86. The summed E-state index contributed by atoms with van der Waals surface area (Å²) in [4.78, 5) is 22.9. The molecule has 2 aliphatic carbocycles. The van der Waals surface area contributed by atoms with E-state index < -0.39 is 5.97 Å². The summed E-state index contributed by atoms with van der Waals surface area (Å²) in [6, 6.07) is 0. The highest BCUT2D eigenvalue weighted by Gasteiger charge is 2.24. The molecular weight excluding hydrogens is 280 g/mol. The van der Waals surface area contributed by atoms with Crippen LogP contribution in [0, 0.1) is 11.3 Å². The summed E-state index contributed by atoms with van der Waals surface area (Å²) < 4.78 is 4.92. The number of nitrogens with one attached hydrogen (secondary N) is 2. The summed E-state index contributed by atoms with van der Waals surface area (Å²) in [6.45, 7) is 2.91. The van der Waals surface area contributed by atoms with E-state index in [0.29, 0.717) is 18.3 Å². The van der Waals surface area contributed by atoms with Gasteiger partial charge in [0.2, 0.25) is 0 Å². The Morgan fingerprint density at radius 1 is 1.27 bits per heavy atom. The van der Waals surface area contributed by atoms with Gasteiger partial charge in [0.15, 0.2) is 0 Å². The van der Waals surface area contributed by atoms with Crippen molar-refractivity contribution in [3.8, 4) is 0 Å². The number of carbonyl (C=O) groups excluding carboxylic acids is 2. The van der Waals surface area contributed by atoms with Gasteiger partial charge in [-0.15, -0.1) is 0 Å². The van der Waals surface area contributed by atoms with Crippen LogP contribution < -0.4 is 5.32 Å². The molecule has 2 aliphatic rings. The number of hydrogen-bond acceptors (Lipinski definition) is 5. The second-order valence-electron chi connectivity index (χ2n) is 6.10. The van der Waals surface area contributed by atoms with Crippen LogP contribution in [0.4, 0.5) is 0 Å². The van der Waals surface area contributed by atoms with Gasteiger partial charge in [-0.25, -0.2) is 4.79 Å². The fourth-order valence-electron chi connectivity index (χ4n) is 3.26. The summed E-state index contributed by atoms with van der Waals surface area (Å²) in [5.41, 5.74) is 1.85. The quantitative estimate of drug-likeness (QED) is 0.560. The van der Waals surface area contributed by atoms with E-state index in [1.165, 1.54) is 0 Å².